The number of aliphatic hydroxyl groups is 1. The summed E-state index contributed by atoms with van der Waals surface area (Å²) in [6, 6.07) is 8.05. The smallest absolute Gasteiger partial charge is 0.252 e. The summed E-state index contributed by atoms with van der Waals surface area (Å²) in [4.78, 5) is 12.4. The maximum absolute atomic E-state index is 13.3. The number of carbonyl (C=O) groups is 1. The van der Waals surface area contributed by atoms with E-state index in [1.54, 1.807) is 6.92 Å². The Kier molecular flexibility index (Phi) is 5.11. The lowest BCUT2D eigenvalue weighted by molar-refractivity contribution is 0.0850. The van der Waals surface area contributed by atoms with Gasteiger partial charge in [-0.25, -0.2) is 8.78 Å². The molecule has 0 aromatic heterocycles. The first-order chi connectivity index (χ1) is 10.8. The van der Waals surface area contributed by atoms with Gasteiger partial charge in [0.2, 0.25) is 0 Å². The highest BCUT2D eigenvalue weighted by Crippen LogP contribution is 2.20. The van der Waals surface area contributed by atoms with Gasteiger partial charge in [-0.1, -0.05) is 24.3 Å². The normalized spacial score (nSPS) is 13.5. The quantitative estimate of drug-likeness (QED) is 0.907. The zero-order chi connectivity index (χ0) is 17.1. The van der Waals surface area contributed by atoms with Crippen LogP contribution in [0, 0.1) is 25.5 Å². The molecule has 2 aromatic rings. The van der Waals surface area contributed by atoms with Crippen molar-refractivity contribution in [3.05, 3.63) is 70.3 Å². The monoisotopic (exact) mass is 319 g/mol. The number of nitrogens with one attached hydrogen (secondary N) is 1. The lowest BCUT2D eigenvalue weighted by Crippen LogP contribution is -2.37. The van der Waals surface area contributed by atoms with E-state index in [-0.39, 0.29) is 11.5 Å². The Morgan fingerprint density at radius 1 is 1.09 bits per heavy atom. The van der Waals surface area contributed by atoms with Crippen molar-refractivity contribution in [3.8, 4) is 0 Å². The SMILES string of the molecule is Cc1cccc(C)c1C(=O)NC(C)C(O)c1ccc(F)c(F)c1. The molecule has 2 aromatic carbocycles. The van der Waals surface area contributed by atoms with Crippen molar-refractivity contribution in [2.75, 3.05) is 0 Å². The third-order valence-electron chi connectivity index (χ3n) is 3.83. The number of rotatable bonds is 4. The number of hydrogen-bond acceptors (Lipinski definition) is 2. The second-order valence-corrected chi connectivity index (χ2v) is 5.65. The highest BCUT2D eigenvalue weighted by Gasteiger charge is 2.21. The van der Waals surface area contributed by atoms with Gasteiger partial charge in [-0.05, 0) is 49.6 Å². The molecular weight excluding hydrogens is 300 g/mol. The first kappa shape index (κ1) is 17.1. The lowest BCUT2D eigenvalue weighted by atomic mass is 10.00. The zero-order valence-electron chi connectivity index (χ0n) is 13.2. The van der Waals surface area contributed by atoms with E-state index in [2.05, 4.69) is 5.32 Å². The van der Waals surface area contributed by atoms with Crippen LogP contribution in [0.1, 0.15) is 40.1 Å². The Bertz CT molecular complexity index is 711. The van der Waals surface area contributed by atoms with Crippen LogP contribution in [0.5, 0.6) is 0 Å². The number of carbonyl (C=O) groups excluding carboxylic acids is 1. The van der Waals surface area contributed by atoms with Gasteiger partial charge in [0, 0.05) is 5.56 Å². The summed E-state index contributed by atoms with van der Waals surface area (Å²) in [5.41, 5.74) is 2.42. The number of halogens is 2. The minimum atomic E-state index is -1.14. The molecule has 1 amide bonds. The highest BCUT2D eigenvalue weighted by atomic mass is 19.2. The predicted molar refractivity (Wildman–Crippen MR) is 84.2 cm³/mol. The number of amides is 1. The molecule has 0 saturated carbocycles. The topological polar surface area (TPSA) is 49.3 Å². The van der Waals surface area contributed by atoms with Crippen molar-refractivity contribution < 1.29 is 18.7 Å². The first-order valence-corrected chi connectivity index (χ1v) is 7.31. The van der Waals surface area contributed by atoms with Crippen molar-refractivity contribution in [2.45, 2.75) is 32.9 Å². The van der Waals surface area contributed by atoms with Crippen LogP contribution in [0.2, 0.25) is 0 Å². The first-order valence-electron chi connectivity index (χ1n) is 7.31. The number of benzene rings is 2. The molecule has 0 radical (unpaired) electrons. The minimum Gasteiger partial charge on any atom is -0.386 e. The van der Waals surface area contributed by atoms with E-state index >= 15 is 0 Å². The van der Waals surface area contributed by atoms with E-state index in [0.29, 0.717) is 5.56 Å². The van der Waals surface area contributed by atoms with Crippen molar-refractivity contribution in [1.82, 2.24) is 5.32 Å². The molecule has 0 aliphatic heterocycles. The van der Waals surface area contributed by atoms with Gasteiger partial charge in [0.25, 0.3) is 5.91 Å². The van der Waals surface area contributed by atoms with Gasteiger partial charge in [0.05, 0.1) is 12.1 Å². The molecule has 0 bridgehead atoms. The summed E-state index contributed by atoms with van der Waals surface area (Å²) in [6.45, 7) is 5.27. The molecule has 2 N–H and O–H groups in total. The van der Waals surface area contributed by atoms with E-state index in [1.807, 2.05) is 32.0 Å². The fourth-order valence-corrected chi connectivity index (χ4v) is 2.52. The number of hydrogen-bond donors (Lipinski definition) is 2. The van der Waals surface area contributed by atoms with Crippen molar-refractivity contribution in [1.29, 1.82) is 0 Å². The maximum Gasteiger partial charge on any atom is 0.252 e. The van der Waals surface area contributed by atoms with Crippen LogP contribution in [0.3, 0.4) is 0 Å². The van der Waals surface area contributed by atoms with Crippen molar-refractivity contribution in [2.24, 2.45) is 0 Å². The maximum atomic E-state index is 13.3. The largest absolute Gasteiger partial charge is 0.386 e. The number of aliphatic hydroxyl groups excluding tert-OH is 1. The lowest BCUT2D eigenvalue weighted by Gasteiger charge is -2.22. The predicted octanol–water partition coefficient (Wildman–Crippen LogP) is 3.43. The molecular formula is C18H19F2NO2. The van der Waals surface area contributed by atoms with E-state index in [9.17, 15) is 18.7 Å². The molecule has 2 rings (SSSR count). The van der Waals surface area contributed by atoms with E-state index < -0.39 is 23.8 Å². The fourth-order valence-electron chi connectivity index (χ4n) is 2.52. The molecule has 2 unspecified atom stereocenters. The molecule has 0 saturated heterocycles. The van der Waals surface area contributed by atoms with Crippen LogP contribution in [-0.4, -0.2) is 17.1 Å². The van der Waals surface area contributed by atoms with E-state index in [0.717, 1.165) is 23.3 Å². The molecule has 122 valence electrons. The highest BCUT2D eigenvalue weighted by molar-refractivity contribution is 5.97. The molecule has 0 spiro atoms. The second kappa shape index (κ2) is 6.87. The summed E-state index contributed by atoms with van der Waals surface area (Å²) in [7, 11) is 0. The minimum absolute atomic E-state index is 0.207. The Balaban J connectivity index is 2.16. The van der Waals surface area contributed by atoms with Gasteiger partial charge < -0.3 is 10.4 Å². The Morgan fingerprint density at radius 3 is 2.26 bits per heavy atom. The van der Waals surface area contributed by atoms with E-state index in [4.69, 9.17) is 0 Å². The van der Waals surface area contributed by atoms with Gasteiger partial charge in [0.15, 0.2) is 11.6 Å². The molecule has 5 heteroatoms. The summed E-state index contributed by atoms with van der Waals surface area (Å²) in [5, 5.41) is 12.9. The van der Waals surface area contributed by atoms with Crippen LogP contribution < -0.4 is 5.32 Å². The molecule has 0 heterocycles. The van der Waals surface area contributed by atoms with Crippen LogP contribution >= 0.6 is 0 Å². The number of aryl methyl sites for hydroxylation is 2. The Labute approximate surface area is 134 Å². The van der Waals surface area contributed by atoms with Crippen molar-refractivity contribution >= 4 is 5.91 Å². The van der Waals surface area contributed by atoms with Gasteiger partial charge in [0.1, 0.15) is 0 Å². The molecule has 0 aliphatic rings. The third kappa shape index (κ3) is 3.74. The Hall–Kier alpha value is -2.27. The summed E-state index contributed by atoms with van der Waals surface area (Å²) in [5.74, 6) is -2.32. The average molecular weight is 319 g/mol. The molecule has 0 aliphatic carbocycles. The summed E-state index contributed by atoms with van der Waals surface area (Å²) in [6.07, 6.45) is -1.14. The van der Waals surface area contributed by atoms with Crippen LogP contribution in [0.25, 0.3) is 0 Å². The van der Waals surface area contributed by atoms with E-state index in [1.165, 1.54) is 6.07 Å². The van der Waals surface area contributed by atoms with Crippen molar-refractivity contribution in [3.63, 3.8) is 0 Å². The standard InChI is InChI=1S/C18H19F2NO2/c1-10-5-4-6-11(2)16(10)18(23)21-12(3)17(22)13-7-8-14(19)15(20)9-13/h4-9,12,17,22H,1-3H3,(H,21,23). The Morgan fingerprint density at radius 2 is 1.70 bits per heavy atom. The van der Waals surface area contributed by atoms with Crippen LogP contribution in [-0.2, 0) is 0 Å². The summed E-state index contributed by atoms with van der Waals surface area (Å²) < 4.78 is 26.2. The van der Waals surface area contributed by atoms with Crippen LogP contribution in [0.4, 0.5) is 8.78 Å². The molecule has 3 nitrogen and oxygen atoms in total. The average Bonchev–Trinajstić information content (AvgIpc) is 2.49. The second-order valence-electron chi connectivity index (χ2n) is 5.65. The molecule has 0 fully saturated rings. The fraction of sp³-hybridized carbons (Fsp3) is 0.278. The third-order valence-corrected chi connectivity index (χ3v) is 3.83. The van der Waals surface area contributed by atoms with Gasteiger partial charge in [-0.15, -0.1) is 0 Å². The zero-order valence-corrected chi connectivity index (χ0v) is 13.2. The van der Waals surface area contributed by atoms with Gasteiger partial charge in [-0.3, -0.25) is 4.79 Å². The molecule has 2 atom stereocenters. The van der Waals surface area contributed by atoms with Gasteiger partial charge >= 0.3 is 0 Å². The van der Waals surface area contributed by atoms with Crippen LogP contribution in [0.15, 0.2) is 36.4 Å². The molecule has 23 heavy (non-hydrogen) atoms. The van der Waals surface area contributed by atoms with Gasteiger partial charge in [-0.2, -0.15) is 0 Å². The summed E-state index contributed by atoms with van der Waals surface area (Å²) >= 11 is 0.